The van der Waals surface area contributed by atoms with Gasteiger partial charge in [-0.2, -0.15) is 4.39 Å². The Balaban J connectivity index is 2.95. The minimum atomic E-state index is -1.05. The van der Waals surface area contributed by atoms with Gasteiger partial charge in [-0.15, -0.1) is 0 Å². The summed E-state index contributed by atoms with van der Waals surface area (Å²) in [5.41, 5.74) is 0. The van der Waals surface area contributed by atoms with Gasteiger partial charge in [0.25, 0.3) is 0 Å². The summed E-state index contributed by atoms with van der Waals surface area (Å²) in [6, 6.07) is 2.33. The molecule has 0 heterocycles. The zero-order chi connectivity index (χ0) is 13.0. The summed E-state index contributed by atoms with van der Waals surface area (Å²) < 4.78 is 41.7. The Morgan fingerprint density at radius 3 is 2.24 bits per heavy atom. The minimum Gasteiger partial charge on any atom is -0.490 e. The summed E-state index contributed by atoms with van der Waals surface area (Å²) in [6.07, 6.45) is -0.480. The predicted molar refractivity (Wildman–Crippen MR) is 59.5 cm³/mol. The minimum absolute atomic E-state index is 0.155. The van der Waals surface area contributed by atoms with E-state index in [4.69, 9.17) is 14.2 Å². The molecule has 3 nitrogen and oxygen atoms in total. The number of methoxy groups -OCH3 is 2. The number of benzene rings is 1. The van der Waals surface area contributed by atoms with Gasteiger partial charge in [-0.1, -0.05) is 0 Å². The van der Waals surface area contributed by atoms with E-state index in [2.05, 4.69) is 0 Å². The average Bonchev–Trinajstić information content (AvgIpc) is 2.33. The van der Waals surface area contributed by atoms with Crippen LogP contribution in [0, 0.1) is 11.6 Å². The van der Waals surface area contributed by atoms with Crippen molar-refractivity contribution in [3.05, 3.63) is 23.8 Å². The molecule has 1 aromatic carbocycles. The highest BCUT2D eigenvalue weighted by molar-refractivity contribution is 5.41. The predicted octanol–water partition coefficient (Wildman–Crippen LogP) is 2.78. The van der Waals surface area contributed by atoms with Crippen LogP contribution in [0.4, 0.5) is 8.78 Å². The van der Waals surface area contributed by atoms with Crippen molar-refractivity contribution in [1.29, 1.82) is 0 Å². The fourth-order valence-corrected chi connectivity index (χ4v) is 1.29. The third kappa shape index (κ3) is 3.06. The van der Waals surface area contributed by atoms with Gasteiger partial charge in [0.15, 0.2) is 17.3 Å². The van der Waals surface area contributed by atoms with E-state index >= 15 is 0 Å². The van der Waals surface area contributed by atoms with Gasteiger partial charge < -0.3 is 14.2 Å². The third-order valence-electron chi connectivity index (χ3n) is 2.56. The number of hydrogen-bond acceptors (Lipinski definition) is 3. The van der Waals surface area contributed by atoms with E-state index in [1.165, 1.54) is 13.2 Å². The quantitative estimate of drug-likeness (QED) is 0.799. The van der Waals surface area contributed by atoms with Crippen molar-refractivity contribution in [1.82, 2.24) is 0 Å². The van der Waals surface area contributed by atoms with Crippen LogP contribution >= 0.6 is 0 Å². The van der Waals surface area contributed by atoms with Crippen molar-refractivity contribution in [3.8, 4) is 11.5 Å². The molecule has 0 radical (unpaired) electrons. The van der Waals surface area contributed by atoms with E-state index in [1.807, 2.05) is 6.92 Å². The smallest absolute Gasteiger partial charge is 0.204 e. The topological polar surface area (TPSA) is 27.7 Å². The molecule has 0 aliphatic carbocycles. The third-order valence-corrected chi connectivity index (χ3v) is 2.56. The molecule has 1 aromatic rings. The highest BCUT2D eigenvalue weighted by Gasteiger charge is 2.19. The molecule has 0 bridgehead atoms. The van der Waals surface area contributed by atoms with Crippen LogP contribution in [0.1, 0.15) is 13.8 Å². The summed E-state index contributed by atoms with van der Waals surface area (Å²) in [6.45, 7) is 3.59. The van der Waals surface area contributed by atoms with Gasteiger partial charge >= 0.3 is 0 Å². The average molecular weight is 246 g/mol. The molecule has 2 atom stereocenters. The van der Waals surface area contributed by atoms with Crippen molar-refractivity contribution in [2.45, 2.75) is 26.1 Å². The van der Waals surface area contributed by atoms with Crippen molar-refractivity contribution in [2.75, 3.05) is 14.2 Å². The molecule has 0 amide bonds. The highest BCUT2D eigenvalue weighted by atomic mass is 19.2. The summed E-state index contributed by atoms with van der Waals surface area (Å²) in [5, 5.41) is 0. The van der Waals surface area contributed by atoms with Gasteiger partial charge in [0.1, 0.15) is 6.10 Å². The van der Waals surface area contributed by atoms with Crippen molar-refractivity contribution < 1.29 is 23.0 Å². The van der Waals surface area contributed by atoms with Crippen molar-refractivity contribution >= 4 is 0 Å². The largest absolute Gasteiger partial charge is 0.490 e. The molecule has 0 saturated carbocycles. The summed E-state index contributed by atoms with van der Waals surface area (Å²) >= 11 is 0. The van der Waals surface area contributed by atoms with Crippen LogP contribution in [0.15, 0.2) is 12.1 Å². The fourth-order valence-electron chi connectivity index (χ4n) is 1.29. The second-order valence-corrected chi connectivity index (χ2v) is 3.66. The van der Waals surface area contributed by atoms with E-state index in [0.29, 0.717) is 0 Å². The summed E-state index contributed by atoms with van der Waals surface area (Å²) in [5.74, 6) is -2.10. The molecule has 0 aromatic heterocycles. The number of halogens is 2. The van der Waals surface area contributed by atoms with Gasteiger partial charge in [-0.25, -0.2) is 4.39 Å². The Morgan fingerprint density at radius 2 is 1.71 bits per heavy atom. The fraction of sp³-hybridized carbons (Fsp3) is 0.500. The lowest BCUT2D eigenvalue weighted by Gasteiger charge is -2.21. The second kappa shape index (κ2) is 5.82. The van der Waals surface area contributed by atoms with E-state index in [0.717, 1.165) is 6.07 Å². The monoisotopic (exact) mass is 246 g/mol. The number of rotatable bonds is 5. The Morgan fingerprint density at radius 1 is 1.06 bits per heavy atom. The molecule has 1 unspecified atom stereocenters. The van der Waals surface area contributed by atoms with Gasteiger partial charge in [0, 0.05) is 7.11 Å². The molecule has 0 aliphatic rings. The first-order valence-corrected chi connectivity index (χ1v) is 5.22. The first-order valence-electron chi connectivity index (χ1n) is 5.22. The van der Waals surface area contributed by atoms with Crippen LogP contribution in [0.25, 0.3) is 0 Å². The Labute approximate surface area is 99.3 Å². The lowest BCUT2D eigenvalue weighted by molar-refractivity contribution is 0.0218. The van der Waals surface area contributed by atoms with E-state index in [9.17, 15) is 8.78 Å². The molecule has 96 valence electrons. The normalized spacial score (nSPS) is 14.2. The maximum absolute atomic E-state index is 13.4. The molecule has 0 aliphatic heterocycles. The second-order valence-electron chi connectivity index (χ2n) is 3.66. The van der Waals surface area contributed by atoms with Crippen LogP contribution in [-0.2, 0) is 4.74 Å². The summed E-state index contributed by atoms with van der Waals surface area (Å²) in [4.78, 5) is 0. The van der Waals surface area contributed by atoms with Gasteiger partial charge in [0.05, 0.1) is 13.2 Å². The molecule has 0 N–H and O–H groups in total. The molecular formula is C12H16F2O3. The van der Waals surface area contributed by atoms with Gasteiger partial charge in [-0.3, -0.25) is 0 Å². The molecule has 1 rings (SSSR count). The first-order chi connectivity index (χ1) is 8.01. The van der Waals surface area contributed by atoms with E-state index in [1.54, 1.807) is 14.0 Å². The van der Waals surface area contributed by atoms with Gasteiger partial charge in [-0.05, 0) is 26.0 Å². The zero-order valence-electron chi connectivity index (χ0n) is 10.3. The Kier molecular flexibility index (Phi) is 4.69. The maximum atomic E-state index is 13.4. The number of ether oxygens (including phenoxy) is 3. The lowest BCUT2D eigenvalue weighted by Crippen LogP contribution is -2.27. The maximum Gasteiger partial charge on any atom is 0.204 e. The number of hydrogen-bond donors (Lipinski definition) is 0. The van der Waals surface area contributed by atoms with E-state index in [-0.39, 0.29) is 23.7 Å². The van der Waals surface area contributed by atoms with Gasteiger partial charge in [0.2, 0.25) is 5.82 Å². The molecule has 17 heavy (non-hydrogen) atoms. The van der Waals surface area contributed by atoms with Crippen LogP contribution in [0.5, 0.6) is 11.5 Å². The van der Waals surface area contributed by atoms with Crippen LogP contribution < -0.4 is 9.47 Å². The zero-order valence-corrected chi connectivity index (χ0v) is 10.3. The Hall–Kier alpha value is -1.36. The van der Waals surface area contributed by atoms with Crippen molar-refractivity contribution in [2.24, 2.45) is 0 Å². The highest BCUT2D eigenvalue weighted by Crippen LogP contribution is 2.32. The SMILES string of the molecule is COc1c(O[C@H](C)C(C)OC)ccc(F)c1F. The van der Waals surface area contributed by atoms with Crippen molar-refractivity contribution in [3.63, 3.8) is 0 Å². The van der Waals surface area contributed by atoms with E-state index < -0.39 is 11.6 Å². The van der Waals surface area contributed by atoms with Crippen LogP contribution in [0.2, 0.25) is 0 Å². The Bertz CT molecular complexity index is 382. The first kappa shape index (κ1) is 13.7. The summed E-state index contributed by atoms with van der Waals surface area (Å²) in [7, 11) is 2.81. The lowest BCUT2D eigenvalue weighted by atomic mass is 10.2. The molecular weight excluding hydrogens is 230 g/mol. The molecule has 0 spiro atoms. The van der Waals surface area contributed by atoms with Crippen LogP contribution in [-0.4, -0.2) is 26.4 Å². The standard InChI is InChI=1S/C12H16F2O3/c1-7(15-3)8(2)17-10-6-5-9(13)11(14)12(10)16-4/h5-8H,1-4H3/t7?,8-/m1/s1. The molecule has 0 saturated heterocycles. The molecule has 5 heteroatoms. The van der Waals surface area contributed by atoms with Crippen LogP contribution in [0.3, 0.4) is 0 Å². The molecule has 0 fully saturated rings.